The molecule has 2 amide bonds. The molecule has 0 aromatic heterocycles. The molecule has 154 valence electrons. The standard InChI is InChI=1S/C23H28N2O4/c1-4-17-7-5-6-8-19(17)24-23(27)18-14-22(26)25(15-18)12-11-16-9-10-20(28-2)21(13-16)29-3/h5-10,13,18H,4,11-12,14-15H2,1-3H3,(H,24,27)/t18-/m0/s1. The number of nitrogens with one attached hydrogen (secondary N) is 1. The number of anilines is 1. The van der Waals surface area contributed by atoms with Gasteiger partial charge in [0.15, 0.2) is 11.5 Å². The average molecular weight is 396 g/mol. The molecule has 0 spiro atoms. The van der Waals surface area contributed by atoms with Gasteiger partial charge in [0.1, 0.15) is 0 Å². The van der Waals surface area contributed by atoms with E-state index in [4.69, 9.17) is 9.47 Å². The zero-order valence-corrected chi connectivity index (χ0v) is 17.2. The van der Waals surface area contributed by atoms with Gasteiger partial charge in [-0.25, -0.2) is 0 Å². The largest absolute Gasteiger partial charge is 0.493 e. The van der Waals surface area contributed by atoms with Crippen LogP contribution in [0.2, 0.25) is 0 Å². The summed E-state index contributed by atoms with van der Waals surface area (Å²) in [5.41, 5.74) is 2.98. The number of ether oxygens (including phenoxy) is 2. The third-order valence-electron chi connectivity index (χ3n) is 5.36. The lowest BCUT2D eigenvalue weighted by Gasteiger charge is -2.17. The molecule has 6 heteroatoms. The van der Waals surface area contributed by atoms with Crippen molar-refractivity contribution in [1.29, 1.82) is 0 Å². The van der Waals surface area contributed by atoms with E-state index in [9.17, 15) is 9.59 Å². The van der Waals surface area contributed by atoms with Crippen LogP contribution in [0.1, 0.15) is 24.5 Å². The summed E-state index contributed by atoms with van der Waals surface area (Å²) < 4.78 is 10.6. The van der Waals surface area contributed by atoms with Crippen LogP contribution in [0.15, 0.2) is 42.5 Å². The molecule has 1 N–H and O–H groups in total. The van der Waals surface area contributed by atoms with Gasteiger partial charge >= 0.3 is 0 Å². The minimum Gasteiger partial charge on any atom is -0.493 e. The quantitative estimate of drug-likeness (QED) is 0.743. The molecule has 1 heterocycles. The zero-order valence-electron chi connectivity index (χ0n) is 17.2. The number of carbonyl (C=O) groups is 2. The monoisotopic (exact) mass is 396 g/mol. The number of aryl methyl sites for hydroxylation is 1. The number of amides is 2. The van der Waals surface area contributed by atoms with Crippen LogP contribution < -0.4 is 14.8 Å². The minimum atomic E-state index is -0.321. The van der Waals surface area contributed by atoms with Crippen molar-refractivity contribution < 1.29 is 19.1 Å². The van der Waals surface area contributed by atoms with Gasteiger partial charge in [-0.2, -0.15) is 0 Å². The number of hydrogen-bond donors (Lipinski definition) is 1. The normalized spacial score (nSPS) is 16.0. The van der Waals surface area contributed by atoms with Crippen molar-refractivity contribution in [2.45, 2.75) is 26.2 Å². The summed E-state index contributed by atoms with van der Waals surface area (Å²) in [6, 6.07) is 13.5. The average Bonchev–Trinajstić information content (AvgIpc) is 3.13. The highest BCUT2D eigenvalue weighted by molar-refractivity contribution is 5.97. The maximum absolute atomic E-state index is 12.7. The van der Waals surface area contributed by atoms with Gasteiger partial charge < -0.3 is 19.7 Å². The molecule has 0 unspecified atom stereocenters. The second-order valence-corrected chi connectivity index (χ2v) is 7.18. The van der Waals surface area contributed by atoms with E-state index in [1.165, 1.54) is 0 Å². The Balaban J connectivity index is 1.58. The van der Waals surface area contributed by atoms with Crippen LogP contribution >= 0.6 is 0 Å². The Morgan fingerprint density at radius 3 is 2.62 bits per heavy atom. The highest BCUT2D eigenvalue weighted by atomic mass is 16.5. The van der Waals surface area contributed by atoms with Crippen molar-refractivity contribution in [3.8, 4) is 11.5 Å². The van der Waals surface area contributed by atoms with Gasteiger partial charge in [0.2, 0.25) is 11.8 Å². The molecule has 2 aromatic carbocycles. The third-order valence-corrected chi connectivity index (χ3v) is 5.36. The van der Waals surface area contributed by atoms with Gasteiger partial charge in [0.25, 0.3) is 0 Å². The summed E-state index contributed by atoms with van der Waals surface area (Å²) in [5, 5.41) is 3.00. The smallest absolute Gasteiger partial charge is 0.229 e. The Labute approximate surface area is 171 Å². The SMILES string of the molecule is CCc1ccccc1NC(=O)[C@H]1CC(=O)N(CCc2ccc(OC)c(OC)c2)C1. The number of rotatable bonds is 8. The molecule has 0 aliphatic carbocycles. The molecule has 1 saturated heterocycles. The van der Waals surface area contributed by atoms with Crippen LogP contribution in [0.5, 0.6) is 11.5 Å². The molecule has 1 fully saturated rings. The fraction of sp³-hybridized carbons (Fsp3) is 0.391. The number of methoxy groups -OCH3 is 2. The Morgan fingerprint density at radius 2 is 1.90 bits per heavy atom. The molecule has 6 nitrogen and oxygen atoms in total. The van der Waals surface area contributed by atoms with Crippen molar-refractivity contribution in [3.05, 3.63) is 53.6 Å². The number of nitrogens with zero attached hydrogens (tertiary/aromatic N) is 1. The molecular weight excluding hydrogens is 368 g/mol. The highest BCUT2D eigenvalue weighted by Gasteiger charge is 2.34. The Morgan fingerprint density at radius 1 is 1.14 bits per heavy atom. The summed E-state index contributed by atoms with van der Waals surface area (Å²) in [7, 11) is 3.20. The van der Waals surface area contributed by atoms with Gasteiger partial charge in [-0.05, 0) is 42.2 Å². The van der Waals surface area contributed by atoms with Crippen LogP contribution in [0.4, 0.5) is 5.69 Å². The van der Waals surface area contributed by atoms with Crippen LogP contribution in [-0.2, 0) is 22.4 Å². The van der Waals surface area contributed by atoms with E-state index < -0.39 is 0 Å². The van der Waals surface area contributed by atoms with E-state index in [1.54, 1.807) is 19.1 Å². The lowest BCUT2D eigenvalue weighted by Crippen LogP contribution is -2.30. The van der Waals surface area contributed by atoms with E-state index in [-0.39, 0.29) is 24.2 Å². The number of benzene rings is 2. The van der Waals surface area contributed by atoms with Crippen LogP contribution in [0.25, 0.3) is 0 Å². The molecule has 1 atom stereocenters. The van der Waals surface area contributed by atoms with Crippen LogP contribution in [0.3, 0.4) is 0 Å². The van der Waals surface area contributed by atoms with Crippen molar-refractivity contribution in [2.75, 3.05) is 32.6 Å². The number of carbonyl (C=O) groups excluding carboxylic acids is 2. The predicted molar refractivity (Wildman–Crippen MR) is 112 cm³/mol. The van der Waals surface area contributed by atoms with E-state index in [0.29, 0.717) is 31.0 Å². The lowest BCUT2D eigenvalue weighted by atomic mass is 10.1. The van der Waals surface area contributed by atoms with Crippen molar-refractivity contribution >= 4 is 17.5 Å². The third kappa shape index (κ3) is 4.88. The molecule has 1 aliphatic heterocycles. The molecule has 1 aliphatic rings. The Bertz CT molecular complexity index is 881. The first kappa shape index (κ1) is 20.7. The van der Waals surface area contributed by atoms with Crippen molar-refractivity contribution in [3.63, 3.8) is 0 Å². The van der Waals surface area contributed by atoms with Gasteiger partial charge in [-0.3, -0.25) is 9.59 Å². The molecule has 0 saturated carbocycles. The maximum atomic E-state index is 12.7. The minimum absolute atomic E-state index is 0.0226. The topological polar surface area (TPSA) is 67.9 Å². The summed E-state index contributed by atoms with van der Waals surface area (Å²) in [5.74, 6) is 0.960. The van der Waals surface area contributed by atoms with Gasteiger partial charge in [0, 0.05) is 25.2 Å². The Kier molecular flexibility index (Phi) is 6.75. The number of hydrogen-bond acceptors (Lipinski definition) is 4. The van der Waals surface area contributed by atoms with E-state index in [0.717, 1.165) is 23.2 Å². The maximum Gasteiger partial charge on any atom is 0.229 e. The molecule has 0 radical (unpaired) electrons. The molecule has 29 heavy (non-hydrogen) atoms. The summed E-state index contributed by atoms with van der Waals surface area (Å²) in [6.45, 7) is 3.08. The summed E-state index contributed by atoms with van der Waals surface area (Å²) in [4.78, 5) is 26.9. The van der Waals surface area contributed by atoms with Crippen molar-refractivity contribution in [2.24, 2.45) is 5.92 Å². The van der Waals surface area contributed by atoms with Gasteiger partial charge in [-0.1, -0.05) is 31.2 Å². The second-order valence-electron chi connectivity index (χ2n) is 7.18. The fourth-order valence-electron chi connectivity index (χ4n) is 3.65. The lowest BCUT2D eigenvalue weighted by molar-refractivity contribution is -0.128. The second kappa shape index (κ2) is 9.45. The number of likely N-dealkylation sites (tertiary alicyclic amines) is 1. The van der Waals surface area contributed by atoms with E-state index in [2.05, 4.69) is 12.2 Å². The Hall–Kier alpha value is -3.02. The zero-order chi connectivity index (χ0) is 20.8. The van der Waals surface area contributed by atoms with Crippen molar-refractivity contribution in [1.82, 2.24) is 4.90 Å². The molecule has 2 aromatic rings. The first-order chi connectivity index (χ1) is 14.0. The van der Waals surface area contributed by atoms with Gasteiger partial charge in [0.05, 0.1) is 20.1 Å². The first-order valence-electron chi connectivity index (χ1n) is 9.93. The molecule has 3 rings (SSSR count). The predicted octanol–water partition coefficient (Wildman–Crippen LogP) is 3.30. The number of para-hydroxylation sites is 1. The van der Waals surface area contributed by atoms with E-state index >= 15 is 0 Å². The van der Waals surface area contributed by atoms with Gasteiger partial charge in [-0.15, -0.1) is 0 Å². The summed E-state index contributed by atoms with van der Waals surface area (Å²) >= 11 is 0. The van der Waals surface area contributed by atoms with E-state index in [1.807, 2.05) is 42.5 Å². The molecular formula is C23H28N2O4. The first-order valence-corrected chi connectivity index (χ1v) is 9.93. The van der Waals surface area contributed by atoms with Crippen LogP contribution in [0, 0.1) is 5.92 Å². The summed E-state index contributed by atoms with van der Waals surface area (Å²) in [6.07, 6.45) is 1.79. The molecule has 0 bridgehead atoms. The van der Waals surface area contributed by atoms with Crippen LogP contribution in [-0.4, -0.2) is 44.0 Å². The highest BCUT2D eigenvalue weighted by Crippen LogP contribution is 2.28. The fourth-order valence-corrected chi connectivity index (χ4v) is 3.65.